The molecule has 230 valence electrons. The lowest BCUT2D eigenvalue weighted by molar-refractivity contribution is -0.189. The zero-order valence-electron chi connectivity index (χ0n) is 24.2. The molecule has 2 fully saturated rings. The number of carbonyl (C=O) groups is 4. The van der Waals surface area contributed by atoms with E-state index in [1.54, 1.807) is 39.7 Å². The largest absolute Gasteiger partial charge is 0.508 e. The van der Waals surface area contributed by atoms with E-state index in [1.165, 1.54) is 33.4 Å². The molecule has 12 nitrogen and oxygen atoms in total. The molecule has 0 radical (unpaired) electrons. The van der Waals surface area contributed by atoms with Gasteiger partial charge in [0.1, 0.15) is 18.0 Å². The number of urea groups is 1. The molecule has 2 aromatic carbocycles. The lowest BCUT2D eigenvalue weighted by atomic mass is 9.98. The predicted molar refractivity (Wildman–Crippen MR) is 165 cm³/mol. The average molecular weight is 618 g/mol. The molecule has 2 aliphatic heterocycles. The van der Waals surface area contributed by atoms with Gasteiger partial charge in [-0.3, -0.25) is 14.4 Å². The Morgan fingerprint density at radius 3 is 2.57 bits per heavy atom. The van der Waals surface area contributed by atoms with Crippen LogP contribution in [-0.2, 0) is 27.3 Å². The summed E-state index contributed by atoms with van der Waals surface area (Å²) >= 11 is 1.32. The molecule has 0 bridgehead atoms. The maximum atomic E-state index is 13.9. The van der Waals surface area contributed by atoms with E-state index >= 15 is 0 Å². The number of hydrazine groups is 1. The van der Waals surface area contributed by atoms with Crippen LogP contribution in [0, 0.1) is 0 Å². The van der Waals surface area contributed by atoms with Crippen molar-refractivity contribution in [3.8, 4) is 5.75 Å². The van der Waals surface area contributed by atoms with Gasteiger partial charge in [-0.1, -0.05) is 48.5 Å². The van der Waals surface area contributed by atoms with Crippen LogP contribution >= 0.6 is 11.3 Å². The van der Waals surface area contributed by atoms with E-state index in [2.05, 4.69) is 22.2 Å². The monoisotopic (exact) mass is 617 g/mol. The number of amides is 5. The van der Waals surface area contributed by atoms with Crippen molar-refractivity contribution < 1.29 is 24.3 Å². The highest BCUT2D eigenvalue weighted by atomic mass is 32.1. The van der Waals surface area contributed by atoms with E-state index in [-0.39, 0.29) is 69.0 Å². The number of hydrogen-bond donors (Lipinski definition) is 3. The molecular formula is C31H35N7O5S. The zero-order chi connectivity index (χ0) is 31.1. The van der Waals surface area contributed by atoms with Crippen molar-refractivity contribution in [3.05, 3.63) is 90.0 Å². The van der Waals surface area contributed by atoms with Gasteiger partial charge in [0.15, 0.2) is 5.13 Å². The van der Waals surface area contributed by atoms with Gasteiger partial charge in [-0.2, -0.15) is 0 Å². The molecular weight excluding hydrogens is 582 g/mol. The van der Waals surface area contributed by atoms with Gasteiger partial charge in [0.05, 0.1) is 13.1 Å². The van der Waals surface area contributed by atoms with E-state index < -0.39 is 18.2 Å². The maximum Gasteiger partial charge on any atom is 0.334 e. The number of nitrogens with zero attached hydrogens (tertiary/aromatic N) is 5. The summed E-state index contributed by atoms with van der Waals surface area (Å²) in [6, 6.07) is 14.7. The Morgan fingerprint density at radius 2 is 1.86 bits per heavy atom. The quantitative estimate of drug-likeness (QED) is 0.281. The van der Waals surface area contributed by atoms with E-state index in [1.807, 2.05) is 30.3 Å². The van der Waals surface area contributed by atoms with Gasteiger partial charge in [0.2, 0.25) is 17.7 Å². The number of anilines is 1. The van der Waals surface area contributed by atoms with Gasteiger partial charge in [-0.15, -0.1) is 17.9 Å². The molecule has 0 aliphatic carbocycles. The van der Waals surface area contributed by atoms with Gasteiger partial charge in [-0.05, 0) is 29.7 Å². The summed E-state index contributed by atoms with van der Waals surface area (Å²) in [4.78, 5) is 61.1. The summed E-state index contributed by atoms with van der Waals surface area (Å²) in [7, 11) is 0. The number of rotatable bonds is 11. The maximum absolute atomic E-state index is 13.9. The van der Waals surface area contributed by atoms with Crippen molar-refractivity contribution in [2.75, 3.05) is 31.5 Å². The number of piperazine rings is 1. The van der Waals surface area contributed by atoms with E-state index in [0.29, 0.717) is 11.6 Å². The van der Waals surface area contributed by atoms with E-state index in [4.69, 9.17) is 0 Å². The van der Waals surface area contributed by atoms with Gasteiger partial charge >= 0.3 is 6.03 Å². The zero-order valence-corrected chi connectivity index (χ0v) is 25.0. The van der Waals surface area contributed by atoms with Crippen LogP contribution in [0.1, 0.15) is 24.0 Å². The van der Waals surface area contributed by atoms with Crippen LogP contribution in [-0.4, -0.2) is 92.0 Å². The van der Waals surface area contributed by atoms with Crippen molar-refractivity contribution in [2.45, 2.75) is 38.0 Å². The van der Waals surface area contributed by atoms with Crippen LogP contribution in [0.25, 0.3) is 0 Å². The first-order valence-electron chi connectivity index (χ1n) is 14.4. The molecule has 5 rings (SSSR count). The Balaban J connectivity index is 1.39. The second kappa shape index (κ2) is 14.1. The molecule has 5 amide bonds. The fraction of sp³-hybridized carbons (Fsp3) is 0.323. The second-order valence-electron chi connectivity index (χ2n) is 10.6. The first-order chi connectivity index (χ1) is 21.3. The first kappa shape index (κ1) is 30.7. The Kier molecular flexibility index (Phi) is 9.87. The number of hydrogen-bond acceptors (Lipinski definition) is 8. The standard InChI is InChI=1S/C31H35N7O5S/c1-2-15-36-21-28(41)37-25(18-22-10-12-24(39)13-11-22)29(42)35(16-6-9-26(40)34-30-32-14-17-44-30)20-27(37)38(36)31(43)33-19-23-7-4-3-5-8-23/h2-5,7-8,10-14,17,25,27,39H,1,6,9,15-16,18-21H2,(H,33,43)(H,32,34,40)/t25-,27-/m0/s1. The van der Waals surface area contributed by atoms with E-state index in [0.717, 1.165) is 11.1 Å². The summed E-state index contributed by atoms with van der Waals surface area (Å²) < 4.78 is 0. The third kappa shape index (κ3) is 7.24. The summed E-state index contributed by atoms with van der Waals surface area (Å²) in [5.74, 6) is -0.651. The molecule has 3 heterocycles. The van der Waals surface area contributed by atoms with Crippen molar-refractivity contribution in [3.63, 3.8) is 0 Å². The third-order valence-corrected chi connectivity index (χ3v) is 8.23. The molecule has 0 unspecified atom stereocenters. The van der Waals surface area contributed by atoms with Crippen LogP contribution in [0.3, 0.4) is 0 Å². The van der Waals surface area contributed by atoms with Gasteiger partial charge in [0, 0.05) is 44.1 Å². The summed E-state index contributed by atoms with van der Waals surface area (Å²) in [6.45, 7) is 4.59. The average Bonchev–Trinajstić information content (AvgIpc) is 3.52. The molecule has 44 heavy (non-hydrogen) atoms. The minimum Gasteiger partial charge on any atom is -0.508 e. The Bertz CT molecular complexity index is 1470. The normalized spacial score (nSPS) is 18.6. The van der Waals surface area contributed by atoms with Crippen molar-refractivity contribution in [1.29, 1.82) is 0 Å². The number of thiazole rings is 1. The van der Waals surface area contributed by atoms with Crippen LogP contribution in [0.4, 0.5) is 9.93 Å². The number of phenols is 1. The highest BCUT2D eigenvalue weighted by Crippen LogP contribution is 2.29. The van der Waals surface area contributed by atoms with Crippen LogP contribution in [0.5, 0.6) is 5.75 Å². The van der Waals surface area contributed by atoms with Crippen LogP contribution < -0.4 is 10.6 Å². The molecule has 1 aromatic heterocycles. The molecule has 2 aliphatic rings. The van der Waals surface area contributed by atoms with Gasteiger partial charge in [-0.25, -0.2) is 19.8 Å². The summed E-state index contributed by atoms with van der Waals surface area (Å²) in [5, 5.41) is 20.9. The fourth-order valence-corrected chi connectivity index (χ4v) is 6.05. The molecule has 13 heteroatoms. The number of carbonyl (C=O) groups excluding carboxylic acids is 4. The summed E-state index contributed by atoms with van der Waals surface area (Å²) in [6.07, 6.45) is 3.20. The number of phenolic OH excluding ortho intramolecular Hbond substituents is 1. The second-order valence-corrected chi connectivity index (χ2v) is 11.5. The van der Waals surface area contributed by atoms with Crippen molar-refractivity contribution in [1.82, 2.24) is 30.1 Å². The lowest BCUT2D eigenvalue weighted by Gasteiger charge is -2.55. The van der Waals surface area contributed by atoms with Gasteiger partial charge in [0.25, 0.3) is 0 Å². The first-order valence-corrected chi connectivity index (χ1v) is 15.3. The predicted octanol–water partition coefficient (Wildman–Crippen LogP) is 2.80. The minimum atomic E-state index is -0.884. The molecule has 3 N–H and O–H groups in total. The number of aromatic nitrogens is 1. The molecule has 2 atom stereocenters. The van der Waals surface area contributed by atoms with Crippen molar-refractivity contribution >= 4 is 40.2 Å². The SMILES string of the molecule is C=CCN1CC(=O)N2[C@@H](Cc3ccc(O)cc3)C(=O)N(CCCC(=O)Nc3nccs3)C[C@@H]2N1C(=O)NCc1ccccc1. The van der Waals surface area contributed by atoms with Gasteiger partial charge < -0.3 is 25.5 Å². The molecule has 3 aromatic rings. The smallest absolute Gasteiger partial charge is 0.334 e. The number of nitrogens with one attached hydrogen (secondary N) is 2. The third-order valence-electron chi connectivity index (χ3n) is 7.54. The lowest BCUT2D eigenvalue weighted by Crippen LogP contribution is -2.76. The van der Waals surface area contributed by atoms with Crippen molar-refractivity contribution in [2.24, 2.45) is 0 Å². The fourth-order valence-electron chi connectivity index (χ4n) is 5.51. The summed E-state index contributed by atoms with van der Waals surface area (Å²) in [5.41, 5.74) is 1.67. The number of aromatic hydroxyl groups is 1. The molecule has 2 saturated heterocycles. The minimum absolute atomic E-state index is 0.0805. The van der Waals surface area contributed by atoms with Crippen LogP contribution in [0.2, 0.25) is 0 Å². The number of benzene rings is 2. The molecule has 0 spiro atoms. The Hall–Kier alpha value is -4.75. The Labute approximate surface area is 259 Å². The van der Waals surface area contributed by atoms with E-state index in [9.17, 15) is 24.3 Å². The molecule has 0 saturated carbocycles. The Morgan fingerprint density at radius 1 is 1.09 bits per heavy atom. The van der Waals surface area contributed by atoms with Crippen LogP contribution in [0.15, 0.2) is 78.8 Å². The highest BCUT2D eigenvalue weighted by molar-refractivity contribution is 7.13. The number of fused-ring (bicyclic) bond motifs is 1. The topological polar surface area (TPSA) is 138 Å². The highest BCUT2D eigenvalue weighted by Gasteiger charge is 2.51.